The van der Waals surface area contributed by atoms with Crippen molar-refractivity contribution in [2.75, 3.05) is 43.4 Å². The number of fused-ring (bicyclic) bond motifs is 1. The quantitative estimate of drug-likeness (QED) is 0.432. The van der Waals surface area contributed by atoms with Crippen LogP contribution in [0.5, 0.6) is 6.01 Å². The average Bonchev–Trinajstić information content (AvgIpc) is 3.45. The summed E-state index contributed by atoms with van der Waals surface area (Å²) in [4.78, 5) is 19.7. The molecule has 0 aliphatic carbocycles. The molecule has 0 spiro atoms. The van der Waals surface area contributed by atoms with Crippen LogP contribution in [0.3, 0.4) is 0 Å². The molecule has 32 heavy (non-hydrogen) atoms. The SMILES string of the molecule is Cc1cc(Cc2cnc3c(N)nc(OCCn4ccnc4)nn23)cnc1N1CCNCC1. The summed E-state index contributed by atoms with van der Waals surface area (Å²) in [7, 11) is 0. The predicted molar refractivity (Wildman–Crippen MR) is 120 cm³/mol. The Bertz CT molecular complexity index is 1200. The Morgan fingerprint density at radius 1 is 1.19 bits per heavy atom. The van der Waals surface area contributed by atoms with Crippen molar-refractivity contribution in [3.8, 4) is 6.01 Å². The van der Waals surface area contributed by atoms with Crippen LogP contribution in [0.25, 0.3) is 5.65 Å². The van der Waals surface area contributed by atoms with Gasteiger partial charge in [0.1, 0.15) is 12.4 Å². The molecule has 11 heteroatoms. The third-order valence-corrected chi connectivity index (χ3v) is 5.49. The van der Waals surface area contributed by atoms with Gasteiger partial charge in [0.15, 0.2) is 11.5 Å². The zero-order valence-corrected chi connectivity index (χ0v) is 18.0. The number of pyridine rings is 1. The Morgan fingerprint density at radius 2 is 2.06 bits per heavy atom. The molecule has 1 aliphatic heterocycles. The maximum atomic E-state index is 6.10. The first kappa shape index (κ1) is 20.2. The van der Waals surface area contributed by atoms with Gasteiger partial charge >= 0.3 is 6.01 Å². The van der Waals surface area contributed by atoms with E-state index in [4.69, 9.17) is 15.5 Å². The number of nitrogens with one attached hydrogen (secondary N) is 1. The number of hydrogen-bond donors (Lipinski definition) is 2. The summed E-state index contributed by atoms with van der Waals surface area (Å²) in [6, 6.07) is 2.40. The molecule has 4 aromatic heterocycles. The van der Waals surface area contributed by atoms with Gasteiger partial charge in [-0.15, -0.1) is 5.10 Å². The molecule has 11 nitrogen and oxygen atoms in total. The first-order valence-electron chi connectivity index (χ1n) is 10.7. The van der Waals surface area contributed by atoms with Gasteiger partial charge in [0.2, 0.25) is 0 Å². The van der Waals surface area contributed by atoms with Gasteiger partial charge in [0.25, 0.3) is 0 Å². The summed E-state index contributed by atoms with van der Waals surface area (Å²) >= 11 is 0. The zero-order valence-electron chi connectivity index (χ0n) is 18.0. The number of nitrogens with zero attached hydrogens (tertiary/aromatic N) is 8. The number of hydrogen-bond acceptors (Lipinski definition) is 9. The number of piperazine rings is 1. The van der Waals surface area contributed by atoms with Crippen LogP contribution in [-0.4, -0.2) is 66.9 Å². The minimum absolute atomic E-state index is 0.220. The van der Waals surface area contributed by atoms with E-state index in [1.165, 1.54) is 0 Å². The van der Waals surface area contributed by atoms with Crippen LogP contribution < -0.4 is 20.7 Å². The van der Waals surface area contributed by atoms with Crippen LogP contribution in [0, 0.1) is 6.92 Å². The number of rotatable bonds is 7. The van der Waals surface area contributed by atoms with E-state index >= 15 is 0 Å². The molecule has 5 heterocycles. The van der Waals surface area contributed by atoms with Crippen molar-refractivity contribution in [3.05, 3.63) is 54.0 Å². The number of ether oxygens (including phenoxy) is 1. The molecular formula is C21H26N10O. The summed E-state index contributed by atoms with van der Waals surface area (Å²) in [6.45, 7) is 7.07. The Labute approximate surface area is 185 Å². The normalized spacial score (nSPS) is 14.2. The molecule has 5 rings (SSSR count). The minimum atomic E-state index is 0.220. The van der Waals surface area contributed by atoms with E-state index in [-0.39, 0.29) is 11.8 Å². The third-order valence-electron chi connectivity index (χ3n) is 5.49. The smallest absolute Gasteiger partial charge is 0.336 e. The molecule has 1 fully saturated rings. The second kappa shape index (κ2) is 8.79. The Hall–Kier alpha value is -3.73. The molecule has 1 saturated heterocycles. The summed E-state index contributed by atoms with van der Waals surface area (Å²) in [5, 5.41) is 7.88. The molecule has 3 N–H and O–H groups in total. The van der Waals surface area contributed by atoms with E-state index in [1.54, 1.807) is 23.2 Å². The van der Waals surface area contributed by atoms with Crippen LogP contribution in [0.4, 0.5) is 11.6 Å². The maximum absolute atomic E-state index is 6.10. The van der Waals surface area contributed by atoms with Gasteiger partial charge in [-0.25, -0.2) is 19.5 Å². The fourth-order valence-corrected chi connectivity index (χ4v) is 3.91. The molecule has 0 radical (unpaired) electrons. The van der Waals surface area contributed by atoms with E-state index in [2.05, 4.69) is 43.3 Å². The van der Waals surface area contributed by atoms with E-state index in [0.29, 0.717) is 25.2 Å². The van der Waals surface area contributed by atoms with E-state index < -0.39 is 0 Å². The lowest BCUT2D eigenvalue weighted by Gasteiger charge is -2.29. The fourth-order valence-electron chi connectivity index (χ4n) is 3.91. The van der Waals surface area contributed by atoms with Crippen molar-refractivity contribution < 1.29 is 4.74 Å². The van der Waals surface area contributed by atoms with E-state index in [9.17, 15) is 0 Å². The third kappa shape index (κ3) is 4.19. The predicted octanol–water partition coefficient (Wildman–Crippen LogP) is 0.686. The summed E-state index contributed by atoms with van der Waals surface area (Å²) in [6.07, 6.45) is 9.66. The van der Waals surface area contributed by atoms with Gasteiger partial charge in [-0.3, -0.25) is 0 Å². The average molecular weight is 435 g/mol. The lowest BCUT2D eigenvalue weighted by atomic mass is 10.1. The van der Waals surface area contributed by atoms with Gasteiger partial charge in [-0.2, -0.15) is 4.98 Å². The van der Waals surface area contributed by atoms with Gasteiger partial charge in [-0.1, -0.05) is 6.07 Å². The molecule has 0 unspecified atom stereocenters. The first-order valence-corrected chi connectivity index (χ1v) is 10.7. The number of aryl methyl sites for hydroxylation is 1. The van der Waals surface area contributed by atoms with E-state index in [1.807, 2.05) is 17.0 Å². The van der Waals surface area contributed by atoms with Crippen LogP contribution >= 0.6 is 0 Å². The highest BCUT2D eigenvalue weighted by atomic mass is 16.5. The minimum Gasteiger partial charge on any atom is -0.460 e. The maximum Gasteiger partial charge on any atom is 0.336 e. The van der Waals surface area contributed by atoms with Gasteiger partial charge < -0.3 is 25.3 Å². The number of nitrogens with two attached hydrogens (primary N) is 1. The largest absolute Gasteiger partial charge is 0.460 e. The summed E-state index contributed by atoms with van der Waals surface area (Å²) in [5.74, 6) is 1.33. The van der Waals surface area contributed by atoms with Crippen molar-refractivity contribution in [1.82, 2.24) is 39.4 Å². The van der Waals surface area contributed by atoms with E-state index in [0.717, 1.165) is 48.8 Å². The molecule has 1 aliphatic rings. The zero-order chi connectivity index (χ0) is 21.9. The van der Waals surface area contributed by atoms with Crippen LogP contribution in [0.1, 0.15) is 16.8 Å². The van der Waals surface area contributed by atoms with Crippen LogP contribution in [0.2, 0.25) is 0 Å². The number of anilines is 2. The molecule has 166 valence electrons. The summed E-state index contributed by atoms with van der Waals surface area (Å²) < 4.78 is 9.35. The van der Waals surface area contributed by atoms with Gasteiger partial charge in [0, 0.05) is 51.2 Å². The molecule has 0 bridgehead atoms. The Morgan fingerprint density at radius 3 is 2.84 bits per heavy atom. The lowest BCUT2D eigenvalue weighted by Crippen LogP contribution is -2.44. The standard InChI is InChI=1S/C21H26N10O/c1-15-10-16(12-25-19(15)30-6-3-23-4-7-30)11-17-13-26-20-18(22)27-21(28-31(17)20)32-9-8-29-5-2-24-14-29/h2,5,10,12-14,23H,3-4,6-9,11H2,1H3,(H2,22,27,28). The Balaban J connectivity index is 1.33. The molecule has 0 aromatic carbocycles. The number of nitrogen functional groups attached to an aromatic ring is 1. The highest BCUT2D eigenvalue weighted by Gasteiger charge is 2.16. The van der Waals surface area contributed by atoms with Crippen LogP contribution in [-0.2, 0) is 13.0 Å². The topological polar surface area (TPSA) is 124 Å². The summed E-state index contributed by atoms with van der Waals surface area (Å²) in [5.41, 5.74) is 9.76. The molecular weight excluding hydrogens is 408 g/mol. The van der Waals surface area contributed by atoms with Crippen molar-refractivity contribution in [1.29, 1.82) is 0 Å². The molecule has 0 amide bonds. The van der Waals surface area contributed by atoms with Crippen molar-refractivity contribution in [2.24, 2.45) is 0 Å². The lowest BCUT2D eigenvalue weighted by molar-refractivity contribution is 0.271. The highest BCUT2D eigenvalue weighted by molar-refractivity contribution is 5.60. The highest BCUT2D eigenvalue weighted by Crippen LogP contribution is 2.21. The van der Waals surface area contributed by atoms with Gasteiger partial charge in [-0.05, 0) is 18.1 Å². The fraction of sp³-hybridized carbons (Fsp3) is 0.381. The van der Waals surface area contributed by atoms with Crippen molar-refractivity contribution in [2.45, 2.75) is 19.9 Å². The first-order chi connectivity index (χ1) is 15.7. The monoisotopic (exact) mass is 434 g/mol. The van der Waals surface area contributed by atoms with Crippen molar-refractivity contribution >= 4 is 17.3 Å². The second-order valence-corrected chi connectivity index (χ2v) is 7.81. The van der Waals surface area contributed by atoms with Crippen molar-refractivity contribution in [3.63, 3.8) is 0 Å². The molecule has 4 aromatic rings. The van der Waals surface area contributed by atoms with Gasteiger partial charge in [0.05, 0.1) is 24.8 Å². The van der Waals surface area contributed by atoms with Crippen LogP contribution in [0.15, 0.2) is 37.2 Å². The second-order valence-electron chi connectivity index (χ2n) is 7.81. The Kier molecular flexibility index (Phi) is 5.55. The number of imidazole rings is 2. The molecule has 0 atom stereocenters. The number of aromatic nitrogens is 7. The molecule has 0 saturated carbocycles.